The van der Waals surface area contributed by atoms with E-state index in [1.165, 1.54) is 92.7 Å². The molecule has 0 N–H and O–H groups in total. The van der Waals surface area contributed by atoms with Gasteiger partial charge in [-0.2, -0.15) is 22.7 Å². The molecule has 0 radical (unpaired) electrons. The number of benzene rings is 3. The van der Waals surface area contributed by atoms with E-state index in [1.807, 2.05) is 36.4 Å². The van der Waals surface area contributed by atoms with Crippen LogP contribution in [0.5, 0.6) is 0 Å². The molecule has 3 rings (SSSR count). The summed E-state index contributed by atoms with van der Waals surface area (Å²) < 4.78 is 42.3. The molecule has 5 heteroatoms. The fraction of sp³-hybridized carbons (Fsp3) is 0.500. The van der Waals surface area contributed by atoms with Crippen molar-refractivity contribution in [2.45, 2.75) is 92.3 Å². The Morgan fingerprint density at radius 3 is 1.02 bits per heavy atom. The molecule has 3 aromatic rings. The standard InChI is InChI=1S/C24H25BF3.C12H28N/c1-2-3-4-5-18-25(19-6-12-22(26)13-7-19,20-8-14-23(27)15-9-20)21-10-16-24(28)17-11-21;1-5-9-13(10-6-2,11-7-3)12-8-4/h6-17H,2-5,18H2,1H3;5-12H2,1-4H3/q-1;+1. The summed E-state index contributed by atoms with van der Waals surface area (Å²) in [7, 11) is 0. The van der Waals surface area contributed by atoms with Crippen LogP contribution in [0, 0.1) is 17.5 Å². The predicted molar refractivity (Wildman–Crippen MR) is 174 cm³/mol. The maximum Gasteiger partial charge on any atom is 0.122 e. The molecule has 0 heterocycles. The van der Waals surface area contributed by atoms with E-state index in [1.54, 1.807) is 0 Å². The molecule has 3 aromatic carbocycles. The van der Waals surface area contributed by atoms with Gasteiger partial charge >= 0.3 is 0 Å². The van der Waals surface area contributed by atoms with Crippen molar-refractivity contribution in [2.75, 3.05) is 26.2 Å². The molecule has 0 aliphatic heterocycles. The van der Waals surface area contributed by atoms with Crippen molar-refractivity contribution >= 4 is 22.5 Å². The Kier molecular flexibility index (Phi) is 15.3. The van der Waals surface area contributed by atoms with Crippen molar-refractivity contribution in [3.8, 4) is 0 Å². The molecule has 0 bridgehead atoms. The first-order chi connectivity index (χ1) is 19.8. The van der Waals surface area contributed by atoms with Gasteiger partial charge in [0, 0.05) is 0 Å². The highest BCUT2D eigenvalue weighted by atomic mass is 19.1. The first-order valence-corrected chi connectivity index (χ1v) is 16.1. The lowest BCUT2D eigenvalue weighted by Gasteiger charge is -2.43. The van der Waals surface area contributed by atoms with E-state index >= 15 is 0 Å². The molecular formula is C36H53BF3N. The van der Waals surface area contributed by atoms with Gasteiger partial charge in [0.05, 0.1) is 32.3 Å². The second-order valence-electron chi connectivity index (χ2n) is 11.8. The van der Waals surface area contributed by atoms with E-state index in [2.05, 4.69) is 34.6 Å². The van der Waals surface area contributed by atoms with E-state index < -0.39 is 6.15 Å². The van der Waals surface area contributed by atoms with Gasteiger partial charge in [0.15, 0.2) is 0 Å². The molecule has 226 valence electrons. The highest BCUT2D eigenvalue weighted by molar-refractivity contribution is 7.11. The Hall–Kier alpha value is -2.53. The van der Waals surface area contributed by atoms with E-state index in [0.717, 1.165) is 48.4 Å². The number of rotatable bonds is 16. The van der Waals surface area contributed by atoms with Gasteiger partial charge in [0.25, 0.3) is 0 Å². The van der Waals surface area contributed by atoms with E-state index in [0.29, 0.717) is 0 Å². The molecule has 0 saturated heterocycles. The van der Waals surface area contributed by atoms with Crippen LogP contribution in [0.25, 0.3) is 0 Å². The Morgan fingerprint density at radius 2 is 0.756 bits per heavy atom. The summed E-state index contributed by atoms with van der Waals surface area (Å²) in [6.07, 6.45) is 9.04. The Morgan fingerprint density at radius 1 is 0.439 bits per heavy atom. The molecule has 0 unspecified atom stereocenters. The third kappa shape index (κ3) is 10.1. The van der Waals surface area contributed by atoms with Crippen LogP contribution in [-0.4, -0.2) is 36.8 Å². The first kappa shape index (κ1) is 34.7. The number of hydrogen-bond donors (Lipinski definition) is 0. The van der Waals surface area contributed by atoms with Crippen LogP contribution in [0.1, 0.15) is 86.0 Å². The number of quaternary nitrogens is 1. The van der Waals surface area contributed by atoms with Crippen LogP contribution in [0.2, 0.25) is 6.32 Å². The maximum atomic E-state index is 13.6. The maximum absolute atomic E-state index is 13.6. The summed E-state index contributed by atoms with van der Waals surface area (Å²) in [4.78, 5) is 0. The minimum absolute atomic E-state index is 0.294. The fourth-order valence-corrected chi connectivity index (χ4v) is 6.90. The lowest BCUT2D eigenvalue weighted by atomic mass is 9.14. The number of hydrogen-bond acceptors (Lipinski definition) is 0. The summed E-state index contributed by atoms with van der Waals surface area (Å²) in [6.45, 7) is 17.0. The quantitative estimate of drug-likeness (QED) is 0.0924. The largest absolute Gasteiger partial charge is 0.324 e. The molecule has 0 fully saturated rings. The van der Waals surface area contributed by atoms with Crippen LogP contribution in [-0.2, 0) is 0 Å². The highest BCUT2D eigenvalue weighted by Gasteiger charge is 2.29. The average Bonchev–Trinajstić information content (AvgIpc) is 2.96. The Labute approximate surface area is 248 Å². The van der Waals surface area contributed by atoms with Crippen LogP contribution < -0.4 is 16.4 Å². The van der Waals surface area contributed by atoms with Crippen molar-refractivity contribution in [3.05, 3.63) is 90.2 Å². The van der Waals surface area contributed by atoms with E-state index in [9.17, 15) is 13.2 Å². The van der Waals surface area contributed by atoms with Crippen LogP contribution >= 0.6 is 0 Å². The van der Waals surface area contributed by atoms with Crippen molar-refractivity contribution in [1.29, 1.82) is 0 Å². The van der Waals surface area contributed by atoms with Gasteiger partial charge in [-0.25, -0.2) is 13.2 Å². The second-order valence-corrected chi connectivity index (χ2v) is 11.8. The Bertz CT molecular complexity index is 957. The van der Waals surface area contributed by atoms with Gasteiger partial charge < -0.3 is 4.48 Å². The van der Waals surface area contributed by atoms with Gasteiger partial charge in [-0.1, -0.05) is 96.7 Å². The van der Waals surface area contributed by atoms with Gasteiger partial charge in [-0.3, -0.25) is 0 Å². The topological polar surface area (TPSA) is 0 Å². The SMILES string of the molecule is CCCCCC[B-](c1ccc(F)cc1)(c1ccc(F)cc1)c1ccc(F)cc1.CCC[N+](CCC)(CCC)CCC. The van der Waals surface area contributed by atoms with Crippen molar-refractivity contribution in [1.82, 2.24) is 0 Å². The summed E-state index contributed by atoms with van der Waals surface area (Å²) in [5.41, 5.74) is 2.95. The predicted octanol–water partition coefficient (Wildman–Crippen LogP) is 8.60. The zero-order chi connectivity index (χ0) is 30.1. The number of halogens is 3. The molecule has 41 heavy (non-hydrogen) atoms. The zero-order valence-electron chi connectivity index (χ0n) is 26.3. The molecule has 0 amide bonds. The monoisotopic (exact) mass is 567 g/mol. The Balaban J connectivity index is 0.000000383. The summed E-state index contributed by atoms with van der Waals surface area (Å²) in [5, 5.41) is 0. The third-order valence-corrected chi connectivity index (χ3v) is 8.60. The van der Waals surface area contributed by atoms with Gasteiger partial charge in [-0.05, 0) is 62.1 Å². The summed E-state index contributed by atoms with van der Waals surface area (Å²) in [5.74, 6) is -0.882. The first-order valence-electron chi connectivity index (χ1n) is 16.1. The normalized spacial score (nSPS) is 11.7. The lowest BCUT2D eigenvalue weighted by molar-refractivity contribution is -0.928. The van der Waals surface area contributed by atoms with Gasteiger partial charge in [0.1, 0.15) is 17.5 Å². The van der Waals surface area contributed by atoms with Crippen LogP contribution in [0.3, 0.4) is 0 Å². The van der Waals surface area contributed by atoms with Crippen molar-refractivity contribution < 1.29 is 17.7 Å². The smallest absolute Gasteiger partial charge is 0.122 e. The third-order valence-electron chi connectivity index (χ3n) is 8.60. The van der Waals surface area contributed by atoms with Crippen molar-refractivity contribution in [2.24, 2.45) is 0 Å². The molecule has 0 atom stereocenters. The molecule has 0 spiro atoms. The molecule has 1 nitrogen and oxygen atoms in total. The fourth-order valence-electron chi connectivity index (χ4n) is 6.90. The number of nitrogens with zero attached hydrogens (tertiary/aromatic N) is 1. The minimum Gasteiger partial charge on any atom is -0.324 e. The zero-order valence-corrected chi connectivity index (χ0v) is 26.3. The van der Waals surface area contributed by atoms with Crippen molar-refractivity contribution in [3.63, 3.8) is 0 Å². The molecule has 0 aliphatic carbocycles. The average molecular weight is 568 g/mol. The van der Waals surface area contributed by atoms with Gasteiger partial charge in [-0.15, -0.1) is 0 Å². The molecule has 0 saturated carbocycles. The van der Waals surface area contributed by atoms with E-state index in [-0.39, 0.29) is 17.5 Å². The minimum atomic E-state index is -1.47. The second kappa shape index (κ2) is 18.1. The van der Waals surface area contributed by atoms with Crippen LogP contribution in [0.4, 0.5) is 13.2 Å². The number of unbranched alkanes of at least 4 members (excludes halogenated alkanes) is 3. The highest BCUT2D eigenvalue weighted by Crippen LogP contribution is 2.19. The summed E-state index contributed by atoms with van der Waals surface area (Å²) in [6, 6.07) is 19.6. The molecular weight excluding hydrogens is 514 g/mol. The summed E-state index contributed by atoms with van der Waals surface area (Å²) >= 11 is 0. The molecule has 0 aliphatic rings. The lowest BCUT2D eigenvalue weighted by Crippen LogP contribution is -2.67. The van der Waals surface area contributed by atoms with Crippen LogP contribution in [0.15, 0.2) is 72.8 Å². The van der Waals surface area contributed by atoms with Gasteiger partial charge in [0.2, 0.25) is 0 Å². The van der Waals surface area contributed by atoms with E-state index in [4.69, 9.17) is 0 Å². The molecule has 0 aromatic heterocycles.